The first kappa shape index (κ1) is 17.5. The molecule has 0 radical (unpaired) electrons. The summed E-state index contributed by atoms with van der Waals surface area (Å²) in [6.07, 6.45) is 4.09. The first-order valence-corrected chi connectivity index (χ1v) is 7.79. The van der Waals surface area contributed by atoms with Gasteiger partial charge in [0.2, 0.25) is 11.8 Å². The maximum Gasteiger partial charge on any atom is 0.303 e. The van der Waals surface area contributed by atoms with Gasteiger partial charge in [-0.2, -0.15) is 0 Å². The summed E-state index contributed by atoms with van der Waals surface area (Å²) in [7, 11) is 0. The number of hydrogen-bond acceptors (Lipinski definition) is 3. The summed E-state index contributed by atoms with van der Waals surface area (Å²) >= 11 is 0. The predicted molar refractivity (Wildman–Crippen MR) is 78.7 cm³/mol. The van der Waals surface area contributed by atoms with Gasteiger partial charge >= 0.3 is 5.97 Å². The standard InChI is InChI=1S/C15H26N2O4/c1-2-16-13(18)6-3-7-14(19)17-10-4-5-12(11-17)8-9-15(20)21/h12H,2-11H2,1H3,(H,16,18)(H,20,21). The Morgan fingerprint density at radius 3 is 2.67 bits per heavy atom. The Bertz CT molecular complexity index is 371. The molecule has 0 aliphatic carbocycles. The number of nitrogens with zero attached hydrogens (tertiary/aromatic N) is 1. The van der Waals surface area contributed by atoms with Gasteiger partial charge in [-0.1, -0.05) is 0 Å². The van der Waals surface area contributed by atoms with Gasteiger partial charge in [-0.05, 0) is 38.5 Å². The van der Waals surface area contributed by atoms with Gasteiger partial charge in [0.1, 0.15) is 0 Å². The molecular weight excluding hydrogens is 272 g/mol. The number of rotatable bonds is 8. The molecule has 0 spiro atoms. The number of nitrogens with one attached hydrogen (secondary N) is 1. The summed E-state index contributed by atoms with van der Waals surface area (Å²) in [6.45, 7) is 3.90. The zero-order valence-corrected chi connectivity index (χ0v) is 12.8. The minimum atomic E-state index is -0.777. The second-order valence-corrected chi connectivity index (χ2v) is 5.59. The maximum absolute atomic E-state index is 12.1. The third-order valence-corrected chi connectivity index (χ3v) is 3.81. The molecule has 0 bridgehead atoms. The van der Waals surface area contributed by atoms with Crippen molar-refractivity contribution in [2.45, 2.75) is 51.9 Å². The Kier molecular flexibility index (Phi) is 7.79. The molecule has 2 N–H and O–H groups in total. The number of amides is 2. The molecule has 120 valence electrons. The number of hydrogen-bond donors (Lipinski definition) is 2. The highest BCUT2D eigenvalue weighted by atomic mass is 16.4. The van der Waals surface area contributed by atoms with Crippen molar-refractivity contribution in [2.24, 2.45) is 5.92 Å². The van der Waals surface area contributed by atoms with Crippen molar-refractivity contribution < 1.29 is 19.5 Å². The van der Waals surface area contributed by atoms with Crippen LogP contribution < -0.4 is 5.32 Å². The van der Waals surface area contributed by atoms with Crippen molar-refractivity contribution >= 4 is 17.8 Å². The number of carboxylic acids is 1. The average molecular weight is 298 g/mol. The molecule has 1 aliphatic rings. The quantitative estimate of drug-likeness (QED) is 0.709. The van der Waals surface area contributed by atoms with Crippen molar-refractivity contribution in [2.75, 3.05) is 19.6 Å². The van der Waals surface area contributed by atoms with E-state index in [1.165, 1.54) is 0 Å². The topological polar surface area (TPSA) is 86.7 Å². The van der Waals surface area contributed by atoms with Gasteiger partial charge in [0.05, 0.1) is 0 Å². The summed E-state index contributed by atoms with van der Waals surface area (Å²) in [4.78, 5) is 35.8. The fourth-order valence-electron chi connectivity index (χ4n) is 2.70. The van der Waals surface area contributed by atoms with Crippen LogP contribution in [-0.4, -0.2) is 47.4 Å². The molecule has 1 rings (SSSR count). The lowest BCUT2D eigenvalue weighted by molar-refractivity contribution is -0.137. The van der Waals surface area contributed by atoms with Gasteiger partial charge < -0.3 is 15.3 Å². The van der Waals surface area contributed by atoms with Gasteiger partial charge in [0.25, 0.3) is 0 Å². The molecule has 1 fully saturated rings. The number of likely N-dealkylation sites (tertiary alicyclic amines) is 1. The first-order valence-electron chi connectivity index (χ1n) is 7.79. The van der Waals surface area contributed by atoms with Gasteiger partial charge in [-0.15, -0.1) is 0 Å². The highest BCUT2D eigenvalue weighted by Crippen LogP contribution is 2.21. The van der Waals surface area contributed by atoms with Crippen molar-refractivity contribution in [1.82, 2.24) is 10.2 Å². The summed E-state index contributed by atoms with van der Waals surface area (Å²) in [6, 6.07) is 0. The first-order chi connectivity index (χ1) is 10.0. The molecule has 6 nitrogen and oxygen atoms in total. The molecule has 0 aromatic heterocycles. The number of piperidine rings is 1. The molecule has 1 aliphatic heterocycles. The Morgan fingerprint density at radius 2 is 2.00 bits per heavy atom. The van der Waals surface area contributed by atoms with Crippen LogP contribution in [0.3, 0.4) is 0 Å². The average Bonchev–Trinajstić information content (AvgIpc) is 2.45. The van der Waals surface area contributed by atoms with Crippen molar-refractivity contribution in [3.8, 4) is 0 Å². The summed E-state index contributed by atoms with van der Waals surface area (Å²) in [5.41, 5.74) is 0. The van der Waals surface area contributed by atoms with Crippen LogP contribution in [0.4, 0.5) is 0 Å². The Hall–Kier alpha value is -1.59. The van der Waals surface area contributed by atoms with E-state index < -0.39 is 5.97 Å². The fourth-order valence-corrected chi connectivity index (χ4v) is 2.70. The Labute approximate surface area is 125 Å². The molecule has 0 saturated carbocycles. The molecule has 1 saturated heterocycles. The lowest BCUT2D eigenvalue weighted by atomic mass is 9.93. The molecule has 1 atom stereocenters. The van der Waals surface area contributed by atoms with Gasteiger partial charge in [0, 0.05) is 38.9 Å². The van der Waals surface area contributed by atoms with E-state index in [1.54, 1.807) is 0 Å². The normalized spacial score (nSPS) is 18.3. The van der Waals surface area contributed by atoms with E-state index >= 15 is 0 Å². The van der Waals surface area contributed by atoms with E-state index in [9.17, 15) is 14.4 Å². The fraction of sp³-hybridized carbons (Fsp3) is 0.800. The molecular formula is C15H26N2O4. The predicted octanol–water partition coefficient (Wildman–Crippen LogP) is 1.40. The monoisotopic (exact) mass is 298 g/mol. The van der Waals surface area contributed by atoms with Gasteiger partial charge in [-0.3, -0.25) is 14.4 Å². The third-order valence-electron chi connectivity index (χ3n) is 3.81. The van der Waals surface area contributed by atoms with Crippen LogP contribution in [0.25, 0.3) is 0 Å². The van der Waals surface area contributed by atoms with Gasteiger partial charge in [-0.25, -0.2) is 0 Å². The smallest absolute Gasteiger partial charge is 0.303 e. The van der Waals surface area contributed by atoms with Crippen molar-refractivity contribution in [3.05, 3.63) is 0 Å². The van der Waals surface area contributed by atoms with Crippen LogP contribution in [0.1, 0.15) is 51.9 Å². The highest BCUT2D eigenvalue weighted by Gasteiger charge is 2.23. The molecule has 1 heterocycles. The molecule has 0 aromatic carbocycles. The van der Waals surface area contributed by atoms with Crippen molar-refractivity contribution in [3.63, 3.8) is 0 Å². The molecule has 2 amide bonds. The molecule has 6 heteroatoms. The van der Waals surface area contributed by atoms with Crippen LogP contribution in [0.15, 0.2) is 0 Å². The highest BCUT2D eigenvalue weighted by molar-refractivity contribution is 5.79. The summed E-state index contributed by atoms with van der Waals surface area (Å²) < 4.78 is 0. The lowest BCUT2D eigenvalue weighted by Crippen LogP contribution is -2.40. The van der Waals surface area contributed by atoms with Crippen LogP contribution in [0.2, 0.25) is 0 Å². The van der Waals surface area contributed by atoms with Crippen LogP contribution in [0.5, 0.6) is 0 Å². The van der Waals surface area contributed by atoms with E-state index in [2.05, 4.69) is 5.32 Å². The number of carbonyl (C=O) groups excluding carboxylic acids is 2. The largest absolute Gasteiger partial charge is 0.481 e. The lowest BCUT2D eigenvalue weighted by Gasteiger charge is -2.32. The van der Waals surface area contributed by atoms with E-state index in [-0.39, 0.29) is 18.2 Å². The maximum atomic E-state index is 12.1. The van der Waals surface area contributed by atoms with Crippen molar-refractivity contribution in [1.29, 1.82) is 0 Å². The molecule has 1 unspecified atom stereocenters. The molecule has 0 aromatic rings. The summed E-state index contributed by atoms with van der Waals surface area (Å²) in [5, 5.41) is 11.4. The van der Waals surface area contributed by atoms with Crippen LogP contribution >= 0.6 is 0 Å². The van der Waals surface area contributed by atoms with E-state index in [0.29, 0.717) is 44.7 Å². The number of aliphatic carboxylic acids is 1. The third kappa shape index (κ3) is 7.11. The minimum absolute atomic E-state index is 0.0109. The summed E-state index contributed by atoms with van der Waals surface area (Å²) in [5.74, 6) is -0.412. The van der Waals surface area contributed by atoms with Crippen LogP contribution in [-0.2, 0) is 14.4 Å². The number of carbonyl (C=O) groups is 3. The zero-order chi connectivity index (χ0) is 15.7. The van der Waals surface area contributed by atoms with E-state index in [0.717, 1.165) is 19.4 Å². The SMILES string of the molecule is CCNC(=O)CCCC(=O)N1CCCC(CCC(=O)O)C1. The number of carboxylic acid groups (broad SMARTS) is 1. The van der Waals surface area contributed by atoms with Gasteiger partial charge in [0.15, 0.2) is 0 Å². The van der Waals surface area contributed by atoms with E-state index in [1.807, 2.05) is 11.8 Å². The second kappa shape index (κ2) is 9.37. The zero-order valence-electron chi connectivity index (χ0n) is 12.8. The minimum Gasteiger partial charge on any atom is -0.481 e. The van der Waals surface area contributed by atoms with Crippen LogP contribution in [0, 0.1) is 5.92 Å². The Balaban J connectivity index is 2.26. The second-order valence-electron chi connectivity index (χ2n) is 5.59. The molecule has 21 heavy (non-hydrogen) atoms. The van der Waals surface area contributed by atoms with E-state index in [4.69, 9.17) is 5.11 Å². The Morgan fingerprint density at radius 1 is 1.24 bits per heavy atom.